The van der Waals surface area contributed by atoms with Crippen molar-refractivity contribution in [2.75, 3.05) is 14.2 Å². The summed E-state index contributed by atoms with van der Waals surface area (Å²) in [6.45, 7) is 1.82. The third kappa shape index (κ3) is 4.63. The van der Waals surface area contributed by atoms with Gasteiger partial charge in [0.15, 0.2) is 15.8 Å². The maximum Gasteiger partial charge on any atom is 0.340 e. The quantitative estimate of drug-likeness (QED) is 0.442. The van der Waals surface area contributed by atoms with Crippen molar-refractivity contribution in [2.24, 2.45) is 0 Å². The lowest BCUT2D eigenvalue weighted by molar-refractivity contribution is -0.123. The number of methoxy groups -OCH3 is 2. The van der Waals surface area contributed by atoms with Crippen LogP contribution in [0.15, 0.2) is 46.2 Å². The minimum atomic E-state index is -4.07. The standard InChI is InChI=1S/C20H18N2O7S3/c1-11-4-7-13(8-5-11)32(26,27)21-22-18(23)15(31-20(22)30)10-12-6-9-14(28-2)17(29-3)16(12)19(24)25/h4-10,21H,1-3H3,(H,24,25)/b15-10+. The van der Waals surface area contributed by atoms with Crippen molar-refractivity contribution in [3.05, 3.63) is 58.0 Å². The fourth-order valence-corrected chi connectivity index (χ4v) is 5.16. The predicted octanol–water partition coefficient (Wildman–Crippen LogP) is 2.81. The number of carbonyl (C=O) groups excluding carboxylic acids is 1. The van der Waals surface area contributed by atoms with Crippen molar-refractivity contribution in [3.8, 4) is 11.5 Å². The van der Waals surface area contributed by atoms with E-state index in [2.05, 4.69) is 4.83 Å². The molecule has 1 aliphatic rings. The van der Waals surface area contributed by atoms with Gasteiger partial charge in [-0.25, -0.2) is 18.2 Å². The van der Waals surface area contributed by atoms with Crippen molar-refractivity contribution in [1.29, 1.82) is 0 Å². The molecule has 1 amide bonds. The van der Waals surface area contributed by atoms with E-state index in [1.165, 1.54) is 44.6 Å². The summed E-state index contributed by atoms with van der Waals surface area (Å²) < 4.78 is 35.6. The van der Waals surface area contributed by atoms with E-state index >= 15 is 0 Å². The van der Waals surface area contributed by atoms with Gasteiger partial charge in [0.2, 0.25) is 0 Å². The summed E-state index contributed by atoms with van der Waals surface area (Å²) in [6, 6.07) is 9.03. The maximum absolute atomic E-state index is 12.9. The zero-order valence-corrected chi connectivity index (χ0v) is 19.6. The van der Waals surface area contributed by atoms with E-state index < -0.39 is 21.9 Å². The number of hydrogen-bond acceptors (Lipinski definition) is 8. The van der Waals surface area contributed by atoms with Crippen LogP contribution < -0.4 is 14.3 Å². The van der Waals surface area contributed by atoms with Crippen molar-refractivity contribution in [1.82, 2.24) is 9.84 Å². The van der Waals surface area contributed by atoms with E-state index in [4.69, 9.17) is 21.7 Å². The van der Waals surface area contributed by atoms with Gasteiger partial charge in [0.1, 0.15) is 5.56 Å². The van der Waals surface area contributed by atoms with Crippen molar-refractivity contribution in [2.45, 2.75) is 11.8 Å². The van der Waals surface area contributed by atoms with E-state index in [9.17, 15) is 23.1 Å². The van der Waals surface area contributed by atoms with Crippen LogP contribution in [0.5, 0.6) is 11.5 Å². The minimum Gasteiger partial charge on any atom is -0.493 e. The van der Waals surface area contributed by atoms with Gasteiger partial charge in [0, 0.05) is 0 Å². The number of aryl methyl sites for hydroxylation is 1. The highest BCUT2D eigenvalue weighted by atomic mass is 32.2. The van der Waals surface area contributed by atoms with E-state index in [1.807, 2.05) is 6.92 Å². The molecule has 2 aromatic rings. The topological polar surface area (TPSA) is 122 Å². The maximum atomic E-state index is 12.9. The first-order chi connectivity index (χ1) is 15.1. The Balaban J connectivity index is 1.96. The first kappa shape index (κ1) is 23.7. The molecule has 1 fully saturated rings. The van der Waals surface area contributed by atoms with Gasteiger partial charge in [-0.1, -0.05) is 47.7 Å². The number of carbonyl (C=O) groups is 2. The first-order valence-electron chi connectivity index (χ1n) is 8.94. The number of amides is 1. The molecule has 9 nitrogen and oxygen atoms in total. The van der Waals surface area contributed by atoms with Crippen LogP contribution >= 0.6 is 24.0 Å². The summed E-state index contributed by atoms with van der Waals surface area (Å²) in [5.41, 5.74) is 0.830. The Morgan fingerprint density at radius 2 is 1.81 bits per heavy atom. The smallest absolute Gasteiger partial charge is 0.340 e. The van der Waals surface area contributed by atoms with Gasteiger partial charge in [-0.2, -0.15) is 0 Å². The number of hydrazine groups is 1. The molecular weight excluding hydrogens is 476 g/mol. The van der Waals surface area contributed by atoms with Gasteiger partial charge >= 0.3 is 5.97 Å². The third-order valence-electron chi connectivity index (χ3n) is 4.41. The van der Waals surface area contributed by atoms with Gasteiger partial charge in [-0.15, -0.1) is 4.83 Å². The SMILES string of the molecule is COc1ccc(/C=C2/SC(=S)N(NS(=O)(=O)c3ccc(C)cc3)C2=O)c(C(=O)O)c1OC. The van der Waals surface area contributed by atoms with Crippen molar-refractivity contribution < 1.29 is 32.6 Å². The number of sulfonamides is 1. The van der Waals surface area contributed by atoms with Crippen LogP contribution in [-0.2, 0) is 14.8 Å². The second kappa shape index (κ2) is 9.28. The molecular formula is C20H18N2O7S3. The van der Waals surface area contributed by atoms with Crippen LogP contribution in [0.25, 0.3) is 6.08 Å². The molecule has 1 heterocycles. The van der Waals surface area contributed by atoms with Crippen molar-refractivity contribution >= 4 is 56.3 Å². The van der Waals surface area contributed by atoms with Crippen LogP contribution in [0.3, 0.4) is 0 Å². The van der Waals surface area contributed by atoms with Crippen LogP contribution in [0.1, 0.15) is 21.5 Å². The normalized spacial score (nSPS) is 15.3. The lowest BCUT2D eigenvalue weighted by Crippen LogP contribution is -2.44. The molecule has 0 radical (unpaired) electrons. The first-order valence-corrected chi connectivity index (χ1v) is 11.6. The molecule has 0 aliphatic carbocycles. The fourth-order valence-electron chi connectivity index (χ4n) is 2.86. The molecule has 168 valence electrons. The van der Waals surface area contributed by atoms with Crippen LogP contribution in [0, 0.1) is 6.92 Å². The molecule has 32 heavy (non-hydrogen) atoms. The number of carboxylic acids is 1. The lowest BCUT2D eigenvalue weighted by atomic mass is 10.0. The molecule has 3 rings (SSSR count). The van der Waals surface area contributed by atoms with Gasteiger partial charge in [-0.3, -0.25) is 4.79 Å². The minimum absolute atomic E-state index is 0.00991. The molecule has 0 spiro atoms. The third-order valence-corrected chi connectivity index (χ3v) is 7.03. The number of carboxylic acid groups (broad SMARTS) is 1. The molecule has 0 bridgehead atoms. The molecule has 0 saturated carbocycles. The summed E-state index contributed by atoms with van der Waals surface area (Å²) in [4.78, 5) is 26.9. The number of nitrogens with one attached hydrogen (secondary N) is 1. The van der Waals surface area contributed by atoms with E-state index in [-0.39, 0.29) is 36.7 Å². The number of thiocarbonyl (C=S) groups is 1. The molecule has 12 heteroatoms. The molecule has 0 atom stereocenters. The molecule has 0 aromatic heterocycles. The fraction of sp³-hybridized carbons (Fsp3) is 0.150. The molecule has 0 unspecified atom stereocenters. The Hall–Kier alpha value is -2.93. The van der Waals surface area contributed by atoms with Crippen LogP contribution in [0.2, 0.25) is 0 Å². The summed E-state index contributed by atoms with van der Waals surface area (Å²) >= 11 is 6.00. The van der Waals surface area contributed by atoms with E-state index in [0.29, 0.717) is 0 Å². The zero-order valence-electron chi connectivity index (χ0n) is 17.1. The van der Waals surface area contributed by atoms with Gasteiger partial charge < -0.3 is 14.6 Å². The van der Waals surface area contributed by atoms with E-state index in [1.54, 1.807) is 12.1 Å². The van der Waals surface area contributed by atoms with Crippen LogP contribution in [-0.4, -0.2) is 48.9 Å². The van der Waals surface area contributed by atoms with E-state index in [0.717, 1.165) is 22.3 Å². The zero-order chi connectivity index (χ0) is 23.6. The second-order valence-corrected chi connectivity index (χ2v) is 9.83. The Morgan fingerprint density at radius 3 is 2.38 bits per heavy atom. The number of rotatable bonds is 7. The Labute approximate surface area is 194 Å². The van der Waals surface area contributed by atoms with Gasteiger partial charge in [0.25, 0.3) is 15.9 Å². The van der Waals surface area contributed by atoms with Gasteiger partial charge in [0.05, 0.1) is 24.0 Å². The molecule has 1 saturated heterocycles. The largest absolute Gasteiger partial charge is 0.493 e. The highest BCUT2D eigenvalue weighted by Gasteiger charge is 2.36. The molecule has 2 aromatic carbocycles. The summed E-state index contributed by atoms with van der Waals surface area (Å²) in [6.07, 6.45) is 1.31. The number of ether oxygens (including phenoxy) is 2. The number of benzene rings is 2. The van der Waals surface area contributed by atoms with Gasteiger partial charge in [-0.05, 0) is 36.8 Å². The average Bonchev–Trinajstić information content (AvgIpc) is 3.00. The van der Waals surface area contributed by atoms with Crippen LogP contribution in [0.4, 0.5) is 0 Å². The highest BCUT2D eigenvalue weighted by molar-refractivity contribution is 8.26. The lowest BCUT2D eigenvalue weighted by Gasteiger charge is -2.16. The summed E-state index contributed by atoms with van der Waals surface area (Å²) in [5.74, 6) is -1.82. The number of aromatic carboxylic acids is 1. The monoisotopic (exact) mass is 494 g/mol. The Bertz CT molecular complexity index is 1240. The average molecular weight is 495 g/mol. The second-order valence-electron chi connectivity index (χ2n) is 6.50. The summed E-state index contributed by atoms with van der Waals surface area (Å²) in [7, 11) is -1.40. The number of hydrogen-bond donors (Lipinski definition) is 2. The number of nitrogens with zero attached hydrogens (tertiary/aromatic N) is 1. The predicted molar refractivity (Wildman–Crippen MR) is 123 cm³/mol. The highest BCUT2D eigenvalue weighted by Crippen LogP contribution is 2.37. The van der Waals surface area contributed by atoms with Crippen molar-refractivity contribution in [3.63, 3.8) is 0 Å². The number of thioether (sulfide) groups is 1. The Kier molecular flexibility index (Phi) is 6.88. The Morgan fingerprint density at radius 1 is 1.16 bits per heavy atom. The summed E-state index contributed by atoms with van der Waals surface area (Å²) in [5, 5.41) is 10.4. The molecule has 2 N–H and O–H groups in total. The molecule has 1 aliphatic heterocycles.